The van der Waals surface area contributed by atoms with Gasteiger partial charge in [-0.1, -0.05) is 6.07 Å². The lowest BCUT2D eigenvalue weighted by Gasteiger charge is -2.14. The molecule has 5 heteroatoms. The molecule has 0 bridgehead atoms. The molecule has 20 heavy (non-hydrogen) atoms. The number of aryl methyl sites for hydroxylation is 2. The van der Waals surface area contributed by atoms with Crippen molar-refractivity contribution in [1.29, 1.82) is 0 Å². The Labute approximate surface area is 118 Å². The van der Waals surface area contributed by atoms with Crippen LogP contribution in [0.3, 0.4) is 0 Å². The zero-order valence-corrected chi connectivity index (χ0v) is 11.9. The molecule has 1 atom stereocenters. The van der Waals surface area contributed by atoms with E-state index < -0.39 is 0 Å². The minimum atomic E-state index is -0.277. The maximum absolute atomic E-state index is 11.9. The number of rotatable bonds is 3. The summed E-state index contributed by atoms with van der Waals surface area (Å²) >= 11 is 0. The highest BCUT2D eigenvalue weighted by molar-refractivity contribution is 5.90. The topological polar surface area (TPSA) is 80.3 Å². The van der Waals surface area contributed by atoms with Gasteiger partial charge in [-0.05, 0) is 45.0 Å². The first kappa shape index (κ1) is 14.0. The molecule has 5 nitrogen and oxygen atoms in total. The Morgan fingerprint density at radius 3 is 2.65 bits per heavy atom. The number of anilines is 2. The third-order valence-corrected chi connectivity index (χ3v) is 3.04. The van der Waals surface area contributed by atoms with E-state index in [4.69, 9.17) is 10.2 Å². The van der Waals surface area contributed by atoms with Gasteiger partial charge in [0, 0.05) is 16.9 Å². The third kappa shape index (κ3) is 3.32. The zero-order valence-electron chi connectivity index (χ0n) is 11.9. The van der Waals surface area contributed by atoms with Crippen molar-refractivity contribution < 1.29 is 9.21 Å². The number of carbonyl (C=O) groups excluding carboxylic acids is 1. The minimum absolute atomic E-state index is 0.131. The molecule has 0 aliphatic rings. The van der Waals surface area contributed by atoms with Gasteiger partial charge in [0.1, 0.15) is 11.5 Å². The number of hydrogen-bond donors (Lipinski definition) is 3. The Morgan fingerprint density at radius 1 is 1.30 bits per heavy atom. The lowest BCUT2D eigenvalue weighted by atomic mass is 10.1. The fourth-order valence-corrected chi connectivity index (χ4v) is 2.14. The smallest absolute Gasteiger partial charge is 0.319 e. The SMILES string of the molecule is Cc1cc(C(C)NC(=O)Nc2cccc(N)c2)c(C)o1. The number of hydrogen-bond acceptors (Lipinski definition) is 3. The summed E-state index contributed by atoms with van der Waals surface area (Å²) in [5.41, 5.74) is 7.91. The fraction of sp³-hybridized carbons (Fsp3) is 0.267. The molecule has 2 amide bonds. The molecule has 2 rings (SSSR count). The van der Waals surface area contributed by atoms with Crippen molar-refractivity contribution in [2.24, 2.45) is 0 Å². The van der Waals surface area contributed by atoms with Crippen LogP contribution in [-0.2, 0) is 0 Å². The van der Waals surface area contributed by atoms with Crippen molar-refractivity contribution in [3.05, 3.63) is 47.4 Å². The van der Waals surface area contributed by atoms with Crippen molar-refractivity contribution >= 4 is 17.4 Å². The van der Waals surface area contributed by atoms with E-state index in [-0.39, 0.29) is 12.1 Å². The summed E-state index contributed by atoms with van der Waals surface area (Å²) in [6, 6.07) is 8.57. The number of furan rings is 1. The molecule has 0 aliphatic carbocycles. The van der Waals surface area contributed by atoms with Crippen LogP contribution < -0.4 is 16.4 Å². The summed E-state index contributed by atoms with van der Waals surface area (Å²) in [6.07, 6.45) is 0. The van der Waals surface area contributed by atoms with E-state index in [0.29, 0.717) is 11.4 Å². The van der Waals surface area contributed by atoms with E-state index >= 15 is 0 Å². The number of urea groups is 1. The molecule has 1 aromatic heterocycles. The highest BCUT2D eigenvalue weighted by Crippen LogP contribution is 2.21. The molecule has 1 unspecified atom stereocenters. The summed E-state index contributed by atoms with van der Waals surface area (Å²) in [5.74, 6) is 1.65. The van der Waals surface area contributed by atoms with E-state index in [9.17, 15) is 4.79 Å². The number of nitrogen functional groups attached to an aromatic ring is 1. The third-order valence-electron chi connectivity index (χ3n) is 3.04. The molecular weight excluding hydrogens is 254 g/mol. The van der Waals surface area contributed by atoms with E-state index in [1.165, 1.54) is 0 Å². The second-order valence-corrected chi connectivity index (χ2v) is 4.81. The molecule has 0 saturated carbocycles. The van der Waals surface area contributed by atoms with Crippen molar-refractivity contribution in [2.45, 2.75) is 26.8 Å². The molecule has 4 N–H and O–H groups in total. The molecule has 0 radical (unpaired) electrons. The number of benzene rings is 1. The van der Waals surface area contributed by atoms with E-state index in [1.54, 1.807) is 24.3 Å². The van der Waals surface area contributed by atoms with Gasteiger partial charge in [0.15, 0.2) is 0 Å². The molecule has 0 spiro atoms. The van der Waals surface area contributed by atoms with Crippen LogP contribution in [-0.4, -0.2) is 6.03 Å². The summed E-state index contributed by atoms with van der Waals surface area (Å²) in [4.78, 5) is 11.9. The van der Waals surface area contributed by atoms with Crippen LogP contribution in [0.15, 0.2) is 34.7 Å². The standard InChI is InChI=1S/C15H19N3O2/c1-9-7-14(11(3)20-9)10(2)17-15(19)18-13-6-4-5-12(16)8-13/h4-8,10H,16H2,1-3H3,(H2,17,18,19). The average molecular weight is 273 g/mol. The minimum Gasteiger partial charge on any atom is -0.466 e. The summed E-state index contributed by atoms with van der Waals surface area (Å²) in [7, 11) is 0. The van der Waals surface area contributed by atoms with Gasteiger partial charge < -0.3 is 20.8 Å². The quantitative estimate of drug-likeness (QED) is 0.750. The summed E-state index contributed by atoms with van der Waals surface area (Å²) < 4.78 is 5.46. The van der Waals surface area contributed by atoms with Gasteiger partial charge in [-0.25, -0.2) is 4.79 Å². The van der Waals surface area contributed by atoms with Gasteiger partial charge in [0.25, 0.3) is 0 Å². The van der Waals surface area contributed by atoms with Gasteiger partial charge in [0.05, 0.1) is 6.04 Å². The van der Waals surface area contributed by atoms with Crippen LogP contribution >= 0.6 is 0 Å². The van der Waals surface area contributed by atoms with Gasteiger partial charge in [-0.2, -0.15) is 0 Å². The maximum Gasteiger partial charge on any atom is 0.319 e. The first-order valence-corrected chi connectivity index (χ1v) is 6.45. The summed E-state index contributed by atoms with van der Waals surface area (Å²) in [6.45, 7) is 5.68. The van der Waals surface area contributed by atoms with E-state index in [0.717, 1.165) is 17.1 Å². The monoisotopic (exact) mass is 273 g/mol. The van der Waals surface area contributed by atoms with Crippen molar-refractivity contribution in [3.8, 4) is 0 Å². The molecule has 1 heterocycles. The van der Waals surface area contributed by atoms with Crippen LogP contribution in [0.4, 0.5) is 16.2 Å². The Morgan fingerprint density at radius 2 is 2.05 bits per heavy atom. The first-order valence-electron chi connectivity index (χ1n) is 6.45. The van der Waals surface area contributed by atoms with Crippen molar-refractivity contribution in [1.82, 2.24) is 5.32 Å². The van der Waals surface area contributed by atoms with Gasteiger partial charge >= 0.3 is 6.03 Å². The highest BCUT2D eigenvalue weighted by atomic mass is 16.3. The Hall–Kier alpha value is -2.43. The van der Waals surface area contributed by atoms with Crippen molar-refractivity contribution in [2.75, 3.05) is 11.1 Å². The normalized spacial score (nSPS) is 11.9. The predicted octanol–water partition coefficient (Wildman–Crippen LogP) is 3.36. The largest absolute Gasteiger partial charge is 0.466 e. The van der Waals surface area contributed by atoms with Gasteiger partial charge in [0.2, 0.25) is 0 Å². The van der Waals surface area contributed by atoms with Crippen LogP contribution in [0.5, 0.6) is 0 Å². The van der Waals surface area contributed by atoms with Gasteiger partial charge in [-0.3, -0.25) is 0 Å². The highest BCUT2D eigenvalue weighted by Gasteiger charge is 2.15. The predicted molar refractivity (Wildman–Crippen MR) is 79.6 cm³/mol. The maximum atomic E-state index is 11.9. The molecule has 0 aliphatic heterocycles. The summed E-state index contributed by atoms with van der Waals surface area (Å²) in [5, 5.41) is 5.62. The number of amides is 2. The lowest BCUT2D eigenvalue weighted by molar-refractivity contribution is 0.249. The van der Waals surface area contributed by atoms with E-state index in [1.807, 2.05) is 26.8 Å². The van der Waals surface area contributed by atoms with Crippen LogP contribution in [0.25, 0.3) is 0 Å². The van der Waals surface area contributed by atoms with Gasteiger partial charge in [-0.15, -0.1) is 0 Å². The Kier molecular flexibility index (Phi) is 3.98. The molecule has 2 aromatic rings. The second kappa shape index (κ2) is 5.69. The van der Waals surface area contributed by atoms with Crippen LogP contribution in [0, 0.1) is 13.8 Å². The number of nitrogens with two attached hydrogens (primary N) is 1. The van der Waals surface area contributed by atoms with Crippen molar-refractivity contribution in [3.63, 3.8) is 0 Å². The van der Waals surface area contributed by atoms with Crippen LogP contribution in [0.1, 0.15) is 30.0 Å². The zero-order chi connectivity index (χ0) is 14.7. The van der Waals surface area contributed by atoms with Crippen LogP contribution in [0.2, 0.25) is 0 Å². The first-order chi connectivity index (χ1) is 9.45. The Balaban J connectivity index is 1.99. The fourth-order valence-electron chi connectivity index (χ4n) is 2.14. The molecule has 106 valence electrons. The molecule has 0 fully saturated rings. The average Bonchev–Trinajstić information content (AvgIpc) is 2.68. The second-order valence-electron chi connectivity index (χ2n) is 4.81. The number of nitrogens with one attached hydrogen (secondary N) is 2. The molecule has 0 saturated heterocycles. The number of carbonyl (C=O) groups is 1. The van der Waals surface area contributed by atoms with E-state index in [2.05, 4.69) is 10.6 Å². The lowest BCUT2D eigenvalue weighted by Crippen LogP contribution is -2.31. The molecule has 1 aromatic carbocycles. The Bertz CT molecular complexity index is 619. The molecular formula is C15H19N3O2.